The van der Waals surface area contributed by atoms with Crippen molar-refractivity contribution in [3.63, 3.8) is 0 Å². The topological polar surface area (TPSA) is 124 Å². The molecule has 3 aliphatic heterocycles. The summed E-state index contributed by atoms with van der Waals surface area (Å²) in [5, 5.41) is 8.12. The maximum absolute atomic E-state index is 13.2. The van der Waals surface area contributed by atoms with Gasteiger partial charge in [0.05, 0.1) is 12.4 Å². The first-order valence-electron chi connectivity index (χ1n) is 12.0. The standard InChI is InChI=1S/C26H26N6O4/c33-23-21-9-3-11-31(21)25(35)19-7-1-5-17(13-19)15-27-29-24(34)22-10-4-12-32(22)26(36)20-8-2-6-18(14-20)16-28-30-23/h1-2,5-8,13-16,21-22H,3-4,9-12H2,(H,29,34)(H,30,33)/b27-15-,28-16-/t21-,22-/m0/s1. The molecule has 3 heterocycles. The highest BCUT2D eigenvalue weighted by Gasteiger charge is 2.35. The molecule has 5 rings (SSSR count). The SMILES string of the molecule is O=C1N/N=C\c2cccc(c2)C(=O)N2CCC[C@H]2C(=O)N/N=C\c2cccc(c2)C(=O)N2CCC[C@@H]12. The van der Waals surface area contributed by atoms with Crippen molar-refractivity contribution in [2.45, 2.75) is 37.8 Å². The minimum Gasteiger partial charge on any atom is -0.327 e. The molecule has 2 aromatic rings. The normalized spacial score (nSPS) is 24.4. The summed E-state index contributed by atoms with van der Waals surface area (Å²) >= 11 is 0. The third-order valence-electron chi connectivity index (χ3n) is 6.68. The van der Waals surface area contributed by atoms with Crippen molar-refractivity contribution in [2.24, 2.45) is 10.2 Å². The Morgan fingerprint density at radius 2 is 1.11 bits per heavy atom. The van der Waals surface area contributed by atoms with Crippen LogP contribution < -0.4 is 10.9 Å². The first-order chi connectivity index (χ1) is 17.5. The van der Waals surface area contributed by atoms with Crippen LogP contribution in [0, 0.1) is 0 Å². The Balaban J connectivity index is 1.48. The van der Waals surface area contributed by atoms with Crippen molar-refractivity contribution < 1.29 is 19.2 Å². The summed E-state index contributed by atoms with van der Waals surface area (Å²) in [5.74, 6) is -1.23. The fourth-order valence-corrected chi connectivity index (χ4v) is 4.89. The van der Waals surface area contributed by atoms with Crippen LogP contribution in [0.1, 0.15) is 57.5 Å². The summed E-state index contributed by atoms with van der Waals surface area (Å²) < 4.78 is 0. The van der Waals surface area contributed by atoms with Gasteiger partial charge in [-0.05, 0) is 61.1 Å². The van der Waals surface area contributed by atoms with Gasteiger partial charge in [0.2, 0.25) is 0 Å². The summed E-state index contributed by atoms with van der Waals surface area (Å²) in [4.78, 5) is 55.2. The van der Waals surface area contributed by atoms with Gasteiger partial charge >= 0.3 is 0 Å². The summed E-state index contributed by atoms with van der Waals surface area (Å²) in [6, 6.07) is 12.4. The smallest absolute Gasteiger partial charge is 0.262 e. The Morgan fingerprint density at radius 1 is 0.667 bits per heavy atom. The maximum atomic E-state index is 13.2. The lowest BCUT2D eigenvalue weighted by Gasteiger charge is -2.23. The van der Waals surface area contributed by atoms with E-state index in [4.69, 9.17) is 0 Å². The Hall–Kier alpha value is -4.34. The number of amides is 4. The first-order valence-corrected chi connectivity index (χ1v) is 12.0. The molecule has 2 atom stereocenters. The maximum Gasteiger partial charge on any atom is 0.262 e. The van der Waals surface area contributed by atoms with E-state index >= 15 is 0 Å². The minimum absolute atomic E-state index is 0.252. The highest BCUT2D eigenvalue weighted by molar-refractivity contribution is 6.01. The van der Waals surface area contributed by atoms with E-state index in [1.54, 1.807) is 58.3 Å². The van der Waals surface area contributed by atoms with Crippen molar-refractivity contribution in [3.8, 4) is 0 Å². The lowest BCUT2D eigenvalue weighted by Crippen LogP contribution is -2.45. The Morgan fingerprint density at radius 3 is 1.56 bits per heavy atom. The van der Waals surface area contributed by atoms with Crippen molar-refractivity contribution in [2.75, 3.05) is 13.1 Å². The van der Waals surface area contributed by atoms with Gasteiger partial charge in [0.15, 0.2) is 0 Å². The van der Waals surface area contributed by atoms with E-state index < -0.39 is 12.1 Å². The average Bonchev–Trinajstić information content (AvgIpc) is 3.58. The Kier molecular flexibility index (Phi) is 6.57. The van der Waals surface area contributed by atoms with Crippen LogP contribution >= 0.6 is 0 Å². The molecule has 10 heteroatoms. The summed E-state index contributed by atoms with van der Waals surface area (Å²) in [7, 11) is 0. The van der Waals surface area contributed by atoms with Crippen LogP contribution in [0.4, 0.5) is 0 Å². The van der Waals surface area contributed by atoms with E-state index in [2.05, 4.69) is 21.1 Å². The number of hydrogen-bond donors (Lipinski definition) is 2. The molecule has 0 aliphatic carbocycles. The van der Waals surface area contributed by atoms with E-state index in [0.717, 1.165) is 0 Å². The molecule has 10 nitrogen and oxygen atoms in total. The second kappa shape index (κ2) is 10.1. The highest BCUT2D eigenvalue weighted by atomic mass is 16.2. The molecular formula is C26H26N6O4. The van der Waals surface area contributed by atoms with Gasteiger partial charge in [-0.15, -0.1) is 0 Å². The second-order valence-electron chi connectivity index (χ2n) is 9.03. The van der Waals surface area contributed by atoms with Crippen LogP contribution in [0.3, 0.4) is 0 Å². The fraction of sp³-hybridized carbons (Fsp3) is 0.308. The molecule has 2 fully saturated rings. The molecule has 4 amide bonds. The van der Waals surface area contributed by atoms with E-state index in [-0.39, 0.29) is 23.6 Å². The summed E-state index contributed by atoms with van der Waals surface area (Å²) in [6.45, 7) is 0.939. The number of carbonyl (C=O) groups is 4. The van der Waals surface area contributed by atoms with Gasteiger partial charge in [-0.2, -0.15) is 10.2 Å². The van der Waals surface area contributed by atoms with Crippen LogP contribution in [-0.2, 0) is 9.59 Å². The van der Waals surface area contributed by atoms with Crippen LogP contribution in [0.15, 0.2) is 58.7 Å². The Bertz CT molecular complexity index is 1180. The monoisotopic (exact) mass is 486 g/mol. The Labute approximate surface area is 208 Å². The molecule has 36 heavy (non-hydrogen) atoms. The third-order valence-corrected chi connectivity index (χ3v) is 6.68. The van der Waals surface area contributed by atoms with Gasteiger partial charge < -0.3 is 9.80 Å². The average molecular weight is 487 g/mol. The van der Waals surface area contributed by atoms with Gasteiger partial charge in [0.1, 0.15) is 12.1 Å². The molecule has 2 N–H and O–H groups in total. The number of hydrogen-bond acceptors (Lipinski definition) is 6. The van der Waals surface area contributed by atoms with E-state index in [1.807, 2.05) is 0 Å². The van der Waals surface area contributed by atoms with E-state index in [0.29, 0.717) is 61.0 Å². The van der Waals surface area contributed by atoms with Crippen LogP contribution in [0.2, 0.25) is 0 Å². The van der Waals surface area contributed by atoms with Gasteiger partial charge in [-0.1, -0.05) is 24.3 Å². The first kappa shape index (κ1) is 23.4. The highest BCUT2D eigenvalue weighted by Crippen LogP contribution is 2.22. The van der Waals surface area contributed by atoms with E-state index in [1.165, 1.54) is 12.4 Å². The molecule has 0 saturated carbocycles. The molecule has 2 aromatic carbocycles. The second-order valence-corrected chi connectivity index (χ2v) is 9.03. The lowest BCUT2D eigenvalue weighted by molar-refractivity contribution is -0.125. The predicted molar refractivity (Wildman–Crippen MR) is 132 cm³/mol. The van der Waals surface area contributed by atoms with Gasteiger partial charge in [-0.25, -0.2) is 10.9 Å². The van der Waals surface area contributed by atoms with Crippen LogP contribution in [-0.4, -0.2) is 71.0 Å². The van der Waals surface area contributed by atoms with Crippen molar-refractivity contribution in [1.82, 2.24) is 20.7 Å². The number of nitrogens with zero attached hydrogens (tertiary/aromatic N) is 4. The zero-order valence-corrected chi connectivity index (χ0v) is 19.6. The molecule has 3 aliphatic rings. The summed E-state index contributed by atoms with van der Waals surface area (Å²) in [6.07, 6.45) is 5.43. The fourth-order valence-electron chi connectivity index (χ4n) is 4.89. The van der Waals surface area contributed by atoms with Gasteiger partial charge in [0, 0.05) is 24.2 Å². The number of benzene rings is 2. The molecular weight excluding hydrogens is 460 g/mol. The number of nitrogens with one attached hydrogen (secondary N) is 2. The molecule has 4 bridgehead atoms. The lowest BCUT2D eigenvalue weighted by atomic mass is 10.1. The predicted octanol–water partition coefficient (Wildman–Crippen LogP) is 1.51. The van der Waals surface area contributed by atoms with Crippen molar-refractivity contribution in [3.05, 3.63) is 70.8 Å². The molecule has 0 spiro atoms. The largest absolute Gasteiger partial charge is 0.327 e. The molecule has 184 valence electrons. The quantitative estimate of drug-likeness (QED) is 0.586. The molecule has 0 radical (unpaired) electrons. The molecule has 0 aromatic heterocycles. The number of hydrazone groups is 2. The zero-order valence-electron chi connectivity index (χ0n) is 19.6. The number of carbonyl (C=O) groups excluding carboxylic acids is 4. The minimum atomic E-state index is -0.628. The summed E-state index contributed by atoms with van der Waals surface area (Å²) in [5.41, 5.74) is 7.16. The van der Waals surface area contributed by atoms with Crippen molar-refractivity contribution in [1.29, 1.82) is 0 Å². The third kappa shape index (κ3) is 4.74. The van der Waals surface area contributed by atoms with Crippen molar-refractivity contribution >= 4 is 36.1 Å². The van der Waals surface area contributed by atoms with Crippen LogP contribution in [0.5, 0.6) is 0 Å². The van der Waals surface area contributed by atoms with Crippen LogP contribution in [0.25, 0.3) is 0 Å². The zero-order chi connectivity index (χ0) is 25.1. The van der Waals surface area contributed by atoms with Gasteiger partial charge in [-0.3, -0.25) is 19.2 Å². The molecule has 2 saturated heterocycles. The van der Waals surface area contributed by atoms with E-state index in [9.17, 15) is 19.2 Å². The van der Waals surface area contributed by atoms with Gasteiger partial charge in [0.25, 0.3) is 23.6 Å². The number of fused-ring (bicyclic) bond motifs is 6. The number of rotatable bonds is 0. The molecule has 0 unspecified atom stereocenters.